The van der Waals surface area contributed by atoms with Gasteiger partial charge < -0.3 is 15.6 Å². The largest absolute Gasteiger partial charge is 0.382 e. The summed E-state index contributed by atoms with van der Waals surface area (Å²) in [5.41, 5.74) is 9.99. The number of hydrogen-bond donors (Lipinski definition) is 2. The number of fused-ring (bicyclic) bond motifs is 1. The first-order valence-corrected chi connectivity index (χ1v) is 9.72. The molecule has 0 radical (unpaired) electrons. The van der Waals surface area contributed by atoms with Crippen LogP contribution in [0.2, 0.25) is 0 Å². The van der Waals surface area contributed by atoms with Gasteiger partial charge in [-0.15, -0.1) is 0 Å². The molecule has 0 atom stereocenters. The molecular formula is C19H26N6S. The van der Waals surface area contributed by atoms with Crippen LogP contribution in [0.15, 0.2) is 34.6 Å². The Balaban J connectivity index is 1.92. The maximum Gasteiger partial charge on any atom is 0.175 e. The molecule has 0 aliphatic rings. The minimum atomic E-state index is 0.427. The molecule has 3 rings (SSSR count). The van der Waals surface area contributed by atoms with Gasteiger partial charge in [0.05, 0.1) is 0 Å². The Morgan fingerprint density at radius 3 is 2.58 bits per heavy atom. The van der Waals surface area contributed by atoms with Crippen molar-refractivity contribution in [3.63, 3.8) is 0 Å². The van der Waals surface area contributed by atoms with E-state index in [9.17, 15) is 0 Å². The molecule has 0 aliphatic heterocycles. The number of hydrogen-bond acceptors (Lipinski definition) is 6. The van der Waals surface area contributed by atoms with Gasteiger partial charge in [0.25, 0.3) is 0 Å². The number of nitrogens with two attached hydrogens (primary N) is 1. The van der Waals surface area contributed by atoms with Crippen LogP contribution in [0.4, 0.5) is 5.82 Å². The van der Waals surface area contributed by atoms with Crippen LogP contribution >= 0.6 is 11.8 Å². The molecule has 0 aliphatic carbocycles. The van der Waals surface area contributed by atoms with Crippen LogP contribution in [0.3, 0.4) is 0 Å². The summed E-state index contributed by atoms with van der Waals surface area (Å²) in [6.07, 6.45) is 2.50. The van der Waals surface area contributed by atoms with E-state index in [0.717, 1.165) is 30.3 Å². The molecule has 2 heterocycles. The van der Waals surface area contributed by atoms with Crippen molar-refractivity contribution >= 4 is 28.7 Å². The van der Waals surface area contributed by atoms with Gasteiger partial charge in [-0.05, 0) is 50.1 Å². The first-order valence-electron chi connectivity index (χ1n) is 8.90. The zero-order valence-corrected chi connectivity index (χ0v) is 16.6. The summed E-state index contributed by atoms with van der Waals surface area (Å²) in [5, 5.41) is 4.36. The van der Waals surface area contributed by atoms with Crippen LogP contribution in [0.5, 0.6) is 0 Å². The molecule has 0 fully saturated rings. The fourth-order valence-corrected chi connectivity index (χ4v) is 4.06. The summed E-state index contributed by atoms with van der Waals surface area (Å²) in [6, 6.07) is 7.01. The Kier molecular flexibility index (Phi) is 5.78. The van der Waals surface area contributed by atoms with Gasteiger partial charge >= 0.3 is 0 Å². The molecule has 0 spiro atoms. The fraction of sp³-hybridized carbons (Fsp3) is 0.421. The van der Waals surface area contributed by atoms with Crippen LogP contribution in [-0.4, -0.2) is 32.1 Å². The SMILES string of the molecule is Cc1cc(C)cc(Sc2nc3c(N)ncnc3n2CCCNC(C)C)c1. The summed E-state index contributed by atoms with van der Waals surface area (Å²) in [7, 11) is 0. The second kappa shape index (κ2) is 8.05. The number of rotatable bonds is 7. The van der Waals surface area contributed by atoms with Gasteiger partial charge in [0.15, 0.2) is 22.1 Å². The minimum Gasteiger partial charge on any atom is -0.382 e. The quantitative estimate of drug-likeness (QED) is 0.619. The molecule has 0 saturated heterocycles. The number of nitrogens with one attached hydrogen (secondary N) is 1. The molecule has 26 heavy (non-hydrogen) atoms. The first-order chi connectivity index (χ1) is 12.4. The van der Waals surface area contributed by atoms with Crippen molar-refractivity contribution in [1.82, 2.24) is 24.8 Å². The first kappa shape index (κ1) is 18.7. The average Bonchev–Trinajstić information content (AvgIpc) is 2.89. The highest BCUT2D eigenvalue weighted by Gasteiger charge is 2.16. The normalized spacial score (nSPS) is 11.6. The topological polar surface area (TPSA) is 81.7 Å². The maximum absolute atomic E-state index is 6.03. The van der Waals surface area contributed by atoms with Crippen LogP contribution < -0.4 is 11.1 Å². The predicted octanol–water partition coefficient (Wildman–Crippen LogP) is 3.56. The zero-order chi connectivity index (χ0) is 18.7. The highest BCUT2D eigenvalue weighted by molar-refractivity contribution is 7.99. The van der Waals surface area contributed by atoms with E-state index in [1.165, 1.54) is 22.3 Å². The second-order valence-electron chi connectivity index (χ2n) is 6.86. The number of imidazole rings is 1. The van der Waals surface area contributed by atoms with Crippen LogP contribution in [-0.2, 0) is 6.54 Å². The molecule has 0 amide bonds. The smallest absolute Gasteiger partial charge is 0.175 e. The number of aryl methyl sites for hydroxylation is 3. The van der Waals surface area contributed by atoms with Crippen molar-refractivity contribution in [2.75, 3.05) is 12.3 Å². The number of nitrogens with zero attached hydrogens (tertiary/aromatic N) is 4. The lowest BCUT2D eigenvalue weighted by Gasteiger charge is -2.11. The molecule has 0 unspecified atom stereocenters. The Morgan fingerprint density at radius 1 is 1.15 bits per heavy atom. The summed E-state index contributed by atoms with van der Waals surface area (Å²) < 4.78 is 2.15. The van der Waals surface area contributed by atoms with Gasteiger partial charge in [-0.1, -0.05) is 31.7 Å². The number of benzene rings is 1. The fourth-order valence-electron chi connectivity index (χ4n) is 2.94. The van der Waals surface area contributed by atoms with Crippen molar-refractivity contribution in [2.45, 2.75) is 56.8 Å². The molecule has 6 nitrogen and oxygen atoms in total. The molecular weight excluding hydrogens is 344 g/mol. The Bertz CT molecular complexity index is 882. The lowest BCUT2D eigenvalue weighted by Crippen LogP contribution is -2.24. The monoisotopic (exact) mass is 370 g/mol. The van der Waals surface area contributed by atoms with Gasteiger partial charge in [-0.25, -0.2) is 15.0 Å². The van der Waals surface area contributed by atoms with Crippen LogP contribution in [0.25, 0.3) is 11.2 Å². The molecule has 1 aromatic carbocycles. The number of nitrogen functional groups attached to an aromatic ring is 1. The van der Waals surface area contributed by atoms with Crippen molar-refractivity contribution in [2.24, 2.45) is 0 Å². The number of aromatic nitrogens is 4. The van der Waals surface area contributed by atoms with Gasteiger partial charge in [0.1, 0.15) is 6.33 Å². The molecule has 2 aromatic heterocycles. The third-order valence-electron chi connectivity index (χ3n) is 4.04. The third-order valence-corrected chi connectivity index (χ3v) is 5.01. The van der Waals surface area contributed by atoms with E-state index in [2.05, 4.69) is 65.7 Å². The van der Waals surface area contributed by atoms with Crippen molar-refractivity contribution < 1.29 is 0 Å². The van der Waals surface area contributed by atoms with Gasteiger partial charge in [-0.3, -0.25) is 0 Å². The van der Waals surface area contributed by atoms with E-state index in [1.807, 2.05) is 0 Å². The minimum absolute atomic E-state index is 0.427. The Labute approximate surface area is 158 Å². The molecule has 0 bridgehead atoms. The van der Waals surface area contributed by atoms with Crippen molar-refractivity contribution in [1.29, 1.82) is 0 Å². The van der Waals surface area contributed by atoms with E-state index in [-0.39, 0.29) is 0 Å². The van der Waals surface area contributed by atoms with Crippen LogP contribution in [0.1, 0.15) is 31.4 Å². The summed E-state index contributed by atoms with van der Waals surface area (Å²) >= 11 is 1.65. The summed E-state index contributed by atoms with van der Waals surface area (Å²) in [4.78, 5) is 14.4. The highest BCUT2D eigenvalue weighted by Crippen LogP contribution is 2.32. The maximum atomic E-state index is 6.03. The van der Waals surface area contributed by atoms with Gasteiger partial charge in [0, 0.05) is 17.5 Å². The van der Waals surface area contributed by atoms with E-state index < -0.39 is 0 Å². The predicted molar refractivity (Wildman–Crippen MR) is 108 cm³/mol. The molecule has 3 N–H and O–H groups in total. The Hall–Kier alpha value is -2.12. The molecule has 7 heteroatoms. The Morgan fingerprint density at radius 2 is 1.88 bits per heavy atom. The van der Waals surface area contributed by atoms with Crippen LogP contribution in [0, 0.1) is 13.8 Å². The summed E-state index contributed by atoms with van der Waals surface area (Å²) in [6.45, 7) is 10.3. The molecule has 3 aromatic rings. The number of anilines is 1. The van der Waals surface area contributed by atoms with Gasteiger partial charge in [0.2, 0.25) is 0 Å². The zero-order valence-electron chi connectivity index (χ0n) is 15.8. The highest BCUT2D eigenvalue weighted by atomic mass is 32.2. The summed E-state index contributed by atoms with van der Waals surface area (Å²) in [5.74, 6) is 0.427. The average molecular weight is 371 g/mol. The second-order valence-corrected chi connectivity index (χ2v) is 7.91. The van der Waals surface area contributed by atoms with Crippen molar-refractivity contribution in [3.8, 4) is 0 Å². The van der Waals surface area contributed by atoms with E-state index in [4.69, 9.17) is 10.7 Å². The third kappa shape index (κ3) is 4.34. The standard InChI is InChI=1S/C19H26N6S/c1-12(2)21-6-5-7-25-18-16(17(20)22-11-23-18)24-19(25)26-15-9-13(3)8-14(4)10-15/h8-12,21H,5-7H2,1-4H3,(H2,20,22,23). The van der Waals surface area contributed by atoms with E-state index >= 15 is 0 Å². The molecule has 138 valence electrons. The van der Waals surface area contributed by atoms with E-state index in [1.54, 1.807) is 11.8 Å². The lowest BCUT2D eigenvalue weighted by atomic mass is 10.2. The molecule has 0 saturated carbocycles. The van der Waals surface area contributed by atoms with E-state index in [0.29, 0.717) is 17.4 Å². The van der Waals surface area contributed by atoms with Gasteiger partial charge in [-0.2, -0.15) is 0 Å². The van der Waals surface area contributed by atoms with Crippen molar-refractivity contribution in [3.05, 3.63) is 35.7 Å². The lowest BCUT2D eigenvalue weighted by molar-refractivity contribution is 0.525.